The molecule has 0 aliphatic carbocycles. The molecule has 8 nitrogen and oxygen atoms in total. The Morgan fingerprint density at radius 3 is 2.57 bits per heavy atom. The second-order valence-electron chi connectivity index (χ2n) is 2.49. The van der Waals surface area contributed by atoms with Crippen LogP contribution in [0.3, 0.4) is 0 Å². The molecule has 0 spiro atoms. The van der Waals surface area contributed by atoms with Gasteiger partial charge in [0.25, 0.3) is 0 Å². The van der Waals surface area contributed by atoms with Gasteiger partial charge in [-0.2, -0.15) is 5.12 Å². The molecule has 1 aliphatic heterocycles. The first-order valence-corrected chi connectivity index (χ1v) is 4.05. The molecule has 0 saturated carbocycles. The van der Waals surface area contributed by atoms with Gasteiger partial charge in [0.05, 0.1) is 11.6 Å². The molecule has 0 bridgehead atoms. The van der Waals surface area contributed by atoms with Crippen LogP contribution in [0.25, 0.3) is 0 Å². The van der Waals surface area contributed by atoms with Crippen molar-refractivity contribution < 1.29 is 5.09 Å². The SMILES string of the molecule is CCCCN1[C+]=CN(N)N1.O=[N+]([O-])[O-]. The molecular formula is C6H13N5O3. The van der Waals surface area contributed by atoms with Crippen molar-refractivity contribution in [3.8, 4) is 0 Å². The molecule has 0 aromatic carbocycles. The van der Waals surface area contributed by atoms with Crippen molar-refractivity contribution in [2.24, 2.45) is 5.84 Å². The lowest BCUT2D eigenvalue weighted by atomic mass is 10.3. The standard InChI is InChI=1S/C6H13N4.NO3/c1-2-3-4-9-5-6-10(7)8-9;2-1(3)4/h6,8H,2-4,7H2,1H3;/q+1;-1. The molecule has 0 amide bonds. The van der Waals surface area contributed by atoms with Gasteiger partial charge in [0.15, 0.2) is 0 Å². The molecule has 0 fully saturated rings. The summed E-state index contributed by atoms with van der Waals surface area (Å²) in [6.07, 6.45) is 6.94. The van der Waals surface area contributed by atoms with E-state index in [2.05, 4.69) is 18.7 Å². The first-order chi connectivity index (χ1) is 6.56. The highest BCUT2D eigenvalue weighted by atomic mass is 16.9. The van der Waals surface area contributed by atoms with E-state index in [9.17, 15) is 0 Å². The zero-order chi connectivity index (χ0) is 11.0. The van der Waals surface area contributed by atoms with Crippen LogP contribution in [0.4, 0.5) is 0 Å². The van der Waals surface area contributed by atoms with Crippen LogP contribution < -0.4 is 11.4 Å². The molecule has 1 aliphatic rings. The molecule has 1 rings (SSSR count). The maximum absolute atomic E-state index is 8.25. The largest absolute Gasteiger partial charge is 0.411 e. The molecule has 14 heavy (non-hydrogen) atoms. The Morgan fingerprint density at radius 1 is 1.64 bits per heavy atom. The third-order valence-electron chi connectivity index (χ3n) is 1.32. The Kier molecular flexibility index (Phi) is 6.04. The minimum absolute atomic E-state index is 0.959. The highest BCUT2D eigenvalue weighted by molar-refractivity contribution is 4.74. The summed E-state index contributed by atoms with van der Waals surface area (Å²) in [6, 6.07) is 0. The van der Waals surface area contributed by atoms with Crippen molar-refractivity contribution >= 4 is 0 Å². The van der Waals surface area contributed by atoms with E-state index in [0.29, 0.717) is 0 Å². The fourth-order valence-corrected chi connectivity index (χ4v) is 0.760. The molecular weight excluding hydrogens is 190 g/mol. The van der Waals surface area contributed by atoms with Gasteiger partial charge in [-0.25, -0.2) is 5.84 Å². The summed E-state index contributed by atoms with van der Waals surface area (Å²) in [5.74, 6) is 5.36. The van der Waals surface area contributed by atoms with E-state index in [1.54, 1.807) is 6.20 Å². The summed E-state index contributed by atoms with van der Waals surface area (Å²) in [6.45, 7) is 3.11. The Morgan fingerprint density at radius 2 is 2.21 bits per heavy atom. The van der Waals surface area contributed by atoms with Crippen molar-refractivity contribution in [3.05, 3.63) is 27.7 Å². The topological polar surface area (TPSA) is 111 Å². The normalized spacial score (nSPS) is 13.3. The van der Waals surface area contributed by atoms with Gasteiger partial charge in [-0.1, -0.05) is 23.9 Å². The average Bonchev–Trinajstić information content (AvgIpc) is 2.47. The lowest BCUT2D eigenvalue weighted by molar-refractivity contribution is -0.402. The van der Waals surface area contributed by atoms with Crippen LogP contribution in [-0.4, -0.2) is 21.8 Å². The van der Waals surface area contributed by atoms with Crippen molar-refractivity contribution in [3.63, 3.8) is 0 Å². The summed E-state index contributed by atoms with van der Waals surface area (Å²) in [5.41, 5.74) is 2.87. The fraction of sp³-hybridized carbons (Fsp3) is 0.667. The minimum Gasteiger partial charge on any atom is -0.356 e. The lowest BCUT2D eigenvalue weighted by Crippen LogP contribution is -2.43. The number of nitrogens with zero attached hydrogens (tertiary/aromatic N) is 3. The van der Waals surface area contributed by atoms with Crippen LogP contribution in [-0.2, 0) is 0 Å². The Balaban J connectivity index is 0.000000364. The number of nitrogens with one attached hydrogen (secondary N) is 1. The minimum atomic E-state index is -1.75. The molecule has 0 aromatic rings. The molecule has 0 radical (unpaired) electrons. The van der Waals surface area contributed by atoms with Crippen molar-refractivity contribution in [2.75, 3.05) is 6.54 Å². The maximum atomic E-state index is 8.25. The number of unbranched alkanes of at least 4 members (excludes halogenated alkanes) is 1. The van der Waals surface area contributed by atoms with Crippen LogP contribution in [0, 0.1) is 21.5 Å². The van der Waals surface area contributed by atoms with Crippen molar-refractivity contribution in [1.82, 2.24) is 15.7 Å². The number of hydrogen-bond acceptors (Lipinski definition) is 7. The van der Waals surface area contributed by atoms with Crippen LogP contribution in [0.15, 0.2) is 6.20 Å². The van der Waals surface area contributed by atoms with Gasteiger partial charge in [-0.15, -0.1) is 0 Å². The van der Waals surface area contributed by atoms with Crippen LogP contribution in [0.2, 0.25) is 0 Å². The molecule has 0 aromatic heterocycles. The van der Waals surface area contributed by atoms with Gasteiger partial charge in [0, 0.05) is 0 Å². The van der Waals surface area contributed by atoms with E-state index >= 15 is 0 Å². The van der Waals surface area contributed by atoms with E-state index in [1.165, 1.54) is 11.5 Å². The molecule has 0 unspecified atom stereocenters. The monoisotopic (exact) mass is 203 g/mol. The number of nitrogens with two attached hydrogens (primary N) is 1. The Bertz CT molecular complexity index is 194. The van der Waals surface area contributed by atoms with Gasteiger partial charge in [-0.05, 0) is 6.42 Å². The molecule has 0 saturated heterocycles. The van der Waals surface area contributed by atoms with E-state index in [-0.39, 0.29) is 0 Å². The maximum Gasteiger partial charge on any atom is 0.411 e. The van der Waals surface area contributed by atoms with Gasteiger partial charge in [0.2, 0.25) is 0 Å². The number of rotatable bonds is 3. The van der Waals surface area contributed by atoms with Crippen molar-refractivity contribution in [2.45, 2.75) is 19.8 Å². The molecule has 3 N–H and O–H groups in total. The zero-order valence-electron chi connectivity index (χ0n) is 7.84. The molecule has 8 heteroatoms. The van der Waals surface area contributed by atoms with Gasteiger partial charge in [-0.3, -0.25) is 0 Å². The third-order valence-corrected chi connectivity index (χ3v) is 1.32. The number of hydrazine groups is 3. The quantitative estimate of drug-likeness (QED) is 0.281. The van der Waals surface area contributed by atoms with Crippen LogP contribution >= 0.6 is 0 Å². The predicted octanol–water partition coefficient (Wildman–Crippen LogP) is -0.267. The summed E-state index contributed by atoms with van der Waals surface area (Å²) in [4.78, 5) is 8.25. The second kappa shape index (κ2) is 6.84. The van der Waals surface area contributed by atoms with Crippen LogP contribution in [0.1, 0.15) is 19.8 Å². The zero-order valence-corrected chi connectivity index (χ0v) is 7.84. The van der Waals surface area contributed by atoms with Gasteiger partial charge in [0.1, 0.15) is 0 Å². The molecule has 0 atom stereocenters. The fourth-order valence-electron chi connectivity index (χ4n) is 0.760. The summed E-state index contributed by atoms with van der Waals surface area (Å²) < 4.78 is 0. The van der Waals surface area contributed by atoms with Crippen molar-refractivity contribution in [1.29, 1.82) is 0 Å². The van der Waals surface area contributed by atoms with Gasteiger partial charge < -0.3 is 15.3 Å². The Labute approximate surface area is 81.6 Å². The Hall–Kier alpha value is -1.63. The molecule has 1 heterocycles. The van der Waals surface area contributed by atoms with Crippen LogP contribution in [0.5, 0.6) is 0 Å². The first kappa shape index (κ1) is 12.4. The molecule has 80 valence electrons. The highest BCUT2D eigenvalue weighted by Crippen LogP contribution is 1.96. The van der Waals surface area contributed by atoms with E-state index in [0.717, 1.165) is 13.0 Å². The van der Waals surface area contributed by atoms with E-state index < -0.39 is 5.09 Å². The van der Waals surface area contributed by atoms with E-state index in [1.807, 2.05) is 5.01 Å². The van der Waals surface area contributed by atoms with E-state index in [4.69, 9.17) is 21.2 Å². The summed E-state index contributed by atoms with van der Waals surface area (Å²) in [7, 11) is 0. The highest BCUT2D eigenvalue weighted by Gasteiger charge is 2.20. The number of hydrogen-bond donors (Lipinski definition) is 2. The summed E-state index contributed by atoms with van der Waals surface area (Å²) in [5, 5.41) is 18.0. The second-order valence-corrected chi connectivity index (χ2v) is 2.49. The third kappa shape index (κ3) is 7.04. The predicted molar refractivity (Wildman–Crippen MR) is 49.0 cm³/mol. The lowest BCUT2D eigenvalue weighted by Gasteiger charge is -2.07. The first-order valence-electron chi connectivity index (χ1n) is 4.05. The average molecular weight is 203 g/mol. The smallest absolute Gasteiger partial charge is 0.356 e. The van der Waals surface area contributed by atoms with Gasteiger partial charge >= 0.3 is 12.4 Å². The summed E-state index contributed by atoms with van der Waals surface area (Å²) >= 11 is 0.